The Morgan fingerprint density at radius 3 is 2.80 bits per heavy atom. The summed E-state index contributed by atoms with van der Waals surface area (Å²) >= 11 is 0. The Morgan fingerprint density at radius 2 is 2.16 bits per heavy atom. The second kappa shape index (κ2) is 8.33. The second-order valence-electron chi connectivity index (χ2n) is 5.49. The van der Waals surface area contributed by atoms with Gasteiger partial charge < -0.3 is 34.0 Å². The van der Waals surface area contributed by atoms with Crippen molar-refractivity contribution in [2.24, 2.45) is 0 Å². The molecule has 3 N–H and O–H groups in total. The normalized spacial score (nSPS) is 28.5. The highest BCUT2D eigenvalue weighted by atomic mass is 31.2. The van der Waals surface area contributed by atoms with Crippen LogP contribution in [0.4, 0.5) is 0 Å². The van der Waals surface area contributed by atoms with Crippen LogP contribution in [0.3, 0.4) is 0 Å². The highest BCUT2D eigenvalue weighted by Crippen LogP contribution is 2.33. The molecule has 2 unspecified atom stereocenters. The van der Waals surface area contributed by atoms with Crippen molar-refractivity contribution in [3.63, 3.8) is 0 Å². The van der Waals surface area contributed by atoms with Gasteiger partial charge in [0.05, 0.1) is 13.2 Å². The molecule has 1 aromatic rings. The van der Waals surface area contributed by atoms with Crippen LogP contribution >= 0.6 is 7.82 Å². The van der Waals surface area contributed by atoms with Gasteiger partial charge in [-0.25, -0.2) is 4.79 Å². The Bertz CT molecular complexity index is 649. The molecule has 1 saturated heterocycles. The lowest BCUT2D eigenvalue weighted by Gasteiger charge is -2.19. The standard InChI is InChI=1S/C14H20NO9P/c1-2-6-22-14(18)9-4-3-5-15(7-9)13-12(17)11(16)10(24-13)8-23-25(19,20)21/h3-5,7,10-13,16-17H,2,6,8H2,1H3,(H-,19,20,21)/t10-,11+,12?,13-/m1/s1. The summed E-state index contributed by atoms with van der Waals surface area (Å²) in [6, 6.07) is 3.06. The number of carbonyl (C=O) groups excluding carboxylic acids is 1. The third kappa shape index (κ3) is 5.29. The molecule has 25 heavy (non-hydrogen) atoms. The molecule has 0 spiro atoms. The number of rotatable bonds is 7. The Hall–Kier alpha value is -1.39. The lowest BCUT2D eigenvalue weighted by atomic mass is 10.1. The SMILES string of the molecule is CCCOC(=O)c1ccc[n+]([C@@H]2O[C@H](COP(=O)([O-])O)[C@H](O)C2O)c1. The fourth-order valence-corrected chi connectivity index (χ4v) is 2.67. The molecule has 0 saturated carbocycles. The van der Waals surface area contributed by atoms with E-state index in [0.29, 0.717) is 6.42 Å². The first-order chi connectivity index (χ1) is 11.7. The summed E-state index contributed by atoms with van der Waals surface area (Å²) in [5, 5.41) is 20.1. The number of phosphoric ester groups is 1. The van der Waals surface area contributed by atoms with Crippen LogP contribution in [0.1, 0.15) is 29.9 Å². The molecular formula is C14H20NO9P. The zero-order valence-electron chi connectivity index (χ0n) is 13.4. The number of aliphatic hydroxyl groups excluding tert-OH is 2. The Balaban J connectivity index is 2.10. The monoisotopic (exact) mass is 377 g/mol. The lowest BCUT2D eigenvalue weighted by Crippen LogP contribution is -2.46. The van der Waals surface area contributed by atoms with Crippen molar-refractivity contribution in [3.05, 3.63) is 30.1 Å². The minimum Gasteiger partial charge on any atom is -0.756 e. The third-order valence-electron chi connectivity index (χ3n) is 3.53. The molecule has 5 atom stereocenters. The van der Waals surface area contributed by atoms with Gasteiger partial charge in [-0.2, -0.15) is 4.57 Å². The van der Waals surface area contributed by atoms with Gasteiger partial charge in [-0.05, 0) is 12.5 Å². The van der Waals surface area contributed by atoms with Gasteiger partial charge in [-0.3, -0.25) is 4.57 Å². The quantitative estimate of drug-likeness (QED) is 0.297. The van der Waals surface area contributed by atoms with Gasteiger partial charge in [0.2, 0.25) is 0 Å². The van der Waals surface area contributed by atoms with E-state index in [-0.39, 0.29) is 12.2 Å². The molecule has 1 fully saturated rings. The van der Waals surface area contributed by atoms with E-state index in [1.54, 1.807) is 0 Å². The number of hydrogen-bond donors (Lipinski definition) is 3. The summed E-state index contributed by atoms with van der Waals surface area (Å²) in [6.07, 6.45) is -1.54. The van der Waals surface area contributed by atoms with E-state index in [2.05, 4.69) is 4.52 Å². The van der Waals surface area contributed by atoms with Gasteiger partial charge in [-0.15, -0.1) is 0 Å². The van der Waals surface area contributed by atoms with Crippen molar-refractivity contribution in [2.75, 3.05) is 13.2 Å². The van der Waals surface area contributed by atoms with Crippen LogP contribution in [0, 0.1) is 0 Å². The third-order valence-corrected chi connectivity index (χ3v) is 4.00. The average Bonchev–Trinajstić information content (AvgIpc) is 2.85. The topological polar surface area (TPSA) is 149 Å². The van der Waals surface area contributed by atoms with Gasteiger partial charge in [0.1, 0.15) is 17.8 Å². The van der Waals surface area contributed by atoms with Gasteiger partial charge >= 0.3 is 5.97 Å². The zero-order valence-corrected chi connectivity index (χ0v) is 14.3. The summed E-state index contributed by atoms with van der Waals surface area (Å²) in [5.74, 6) is -0.545. The maximum absolute atomic E-state index is 11.9. The predicted octanol–water partition coefficient (Wildman–Crippen LogP) is -1.36. The first-order valence-electron chi connectivity index (χ1n) is 7.61. The molecule has 0 amide bonds. The highest BCUT2D eigenvalue weighted by molar-refractivity contribution is 7.44. The van der Waals surface area contributed by atoms with Crippen LogP contribution in [0.5, 0.6) is 0 Å². The summed E-state index contributed by atoms with van der Waals surface area (Å²) in [6.45, 7) is 1.47. The van der Waals surface area contributed by atoms with E-state index in [0.717, 1.165) is 0 Å². The van der Waals surface area contributed by atoms with E-state index in [9.17, 15) is 24.5 Å². The predicted molar refractivity (Wildman–Crippen MR) is 78.9 cm³/mol. The van der Waals surface area contributed by atoms with Crippen LogP contribution < -0.4 is 9.46 Å². The number of carbonyl (C=O) groups is 1. The molecule has 2 rings (SSSR count). The van der Waals surface area contributed by atoms with Crippen molar-refractivity contribution < 1.29 is 47.9 Å². The molecular weight excluding hydrogens is 357 g/mol. The van der Waals surface area contributed by atoms with Gasteiger partial charge in [0.25, 0.3) is 14.1 Å². The smallest absolute Gasteiger partial charge is 0.344 e. The molecule has 1 aromatic heterocycles. The zero-order chi connectivity index (χ0) is 18.6. The summed E-state index contributed by atoms with van der Waals surface area (Å²) in [4.78, 5) is 31.1. The summed E-state index contributed by atoms with van der Waals surface area (Å²) in [5.41, 5.74) is 0.223. The number of hydrogen-bond acceptors (Lipinski definition) is 8. The molecule has 0 aliphatic carbocycles. The van der Waals surface area contributed by atoms with E-state index in [1.807, 2.05) is 6.92 Å². The lowest BCUT2D eigenvalue weighted by molar-refractivity contribution is -0.765. The van der Waals surface area contributed by atoms with Crippen LogP contribution in [0.25, 0.3) is 0 Å². The Kier molecular flexibility index (Phi) is 6.64. The number of ether oxygens (including phenoxy) is 2. The van der Waals surface area contributed by atoms with E-state index < -0.39 is 44.9 Å². The maximum atomic E-state index is 11.9. The Morgan fingerprint density at radius 1 is 1.44 bits per heavy atom. The number of pyridine rings is 1. The van der Waals surface area contributed by atoms with Gasteiger partial charge in [-0.1, -0.05) is 6.92 Å². The molecule has 0 aromatic carbocycles. The number of nitrogens with zero attached hydrogens (tertiary/aromatic N) is 1. The molecule has 2 heterocycles. The average molecular weight is 377 g/mol. The van der Waals surface area contributed by atoms with Gasteiger partial charge in [0.15, 0.2) is 18.5 Å². The number of phosphoric acid groups is 1. The molecule has 140 valence electrons. The van der Waals surface area contributed by atoms with Crippen molar-refractivity contribution in [2.45, 2.75) is 37.9 Å². The first kappa shape index (κ1) is 19.9. The van der Waals surface area contributed by atoms with Crippen LogP contribution in [-0.2, 0) is 18.6 Å². The summed E-state index contributed by atoms with van der Waals surface area (Å²) in [7, 11) is -4.98. The number of aliphatic hydroxyl groups is 2. The van der Waals surface area contributed by atoms with Crippen molar-refractivity contribution in [1.29, 1.82) is 0 Å². The van der Waals surface area contributed by atoms with E-state index in [1.165, 1.54) is 29.1 Å². The minimum atomic E-state index is -4.98. The molecule has 10 nitrogen and oxygen atoms in total. The summed E-state index contributed by atoms with van der Waals surface area (Å²) < 4.78 is 26.6. The van der Waals surface area contributed by atoms with Crippen LogP contribution in [0.15, 0.2) is 24.5 Å². The maximum Gasteiger partial charge on any atom is 0.344 e. The van der Waals surface area contributed by atoms with Crippen LogP contribution in [0.2, 0.25) is 0 Å². The van der Waals surface area contributed by atoms with E-state index in [4.69, 9.17) is 14.4 Å². The second-order valence-corrected chi connectivity index (χ2v) is 6.68. The van der Waals surface area contributed by atoms with Gasteiger partial charge in [0, 0.05) is 6.07 Å². The van der Waals surface area contributed by atoms with Crippen molar-refractivity contribution >= 4 is 13.8 Å². The Labute approximate surface area is 143 Å². The molecule has 0 bridgehead atoms. The van der Waals surface area contributed by atoms with Crippen LogP contribution in [-0.4, -0.2) is 52.6 Å². The highest BCUT2D eigenvalue weighted by Gasteiger charge is 2.48. The minimum absolute atomic E-state index is 0.223. The van der Waals surface area contributed by atoms with Crippen molar-refractivity contribution in [3.8, 4) is 0 Å². The number of esters is 1. The first-order valence-corrected chi connectivity index (χ1v) is 9.10. The fraction of sp³-hybridized carbons (Fsp3) is 0.571. The fourth-order valence-electron chi connectivity index (χ4n) is 2.33. The molecule has 1 aliphatic rings. The molecule has 11 heteroatoms. The number of aromatic nitrogens is 1. The van der Waals surface area contributed by atoms with Crippen molar-refractivity contribution in [1.82, 2.24) is 0 Å². The molecule has 1 aliphatic heterocycles. The largest absolute Gasteiger partial charge is 0.756 e. The van der Waals surface area contributed by atoms with E-state index >= 15 is 0 Å². The molecule has 0 radical (unpaired) electrons.